The Labute approximate surface area is 132 Å². The van der Waals surface area contributed by atoms with Gasteiger partial charge < -0.3 is 10.1 Å². The van der Waals surface area contributed by atoms with Crippen LogP contribution < -0.4 is 0 Å². The predicted molar refractivity (Wildman–Crippen MR) is 84.9 cm³/mol. The van der Waals surface area contributed by atoms with Crippen molar-refractivity contribution in [3.05, 3.63) is 48.4 Å². The summed E-state index contributed by atoms with van der Waals surface area (Å²) >= 11 is 1.60. The Bertz CT molecular complexity index is 676. The first-order valence-corrected chi connectivity index (χ1v) is 6.35. The molecule has 0 bridgehead atoms. The minimum absolute atomic E-state index is 0. The van der Waals surface area contributed by atoms with Crippen molar-refractivity contribution in [2.24, 2.45) is 0 Å². The van der Waals surface area contributed by atoms with Gasteiger partial charge in [0.15, 0.2) is 0 Å². The van der Waals surface area contributed by atoms with Crippen molar-refractivity contribution in [2.75, 3.05) is 0 Å². The molecule has 3 aromatic rings. The molecular weight excluding hydrogens is 317 g/mol. The van der Waals surface area contributed by atoms with Gasteiger partial charge >= 0.3 is 0 Å². The molecule has 0 amide bonds. The molecule has 3 rings (SSSR count). The van der Waals surface area contributed by atoms with Crippen LogP contribution in [0.5, 0.6) is 0 Å². The fourth-order valence-corrected chi connectivity index (χ4v) is 2.52. The van der Waals surface area contributed by atoms with Gasteiger partial charge in [0, 0.05) is 11.1 Å². The third-order valence-electron chi connectivity index (χ3n) is 2.51. The third-order valence-corrected chi connectivity index (χ3v) is 3.45. The molecule has 0 aliphatic carbocycles. The van der Waals surface area contributed by atoms with Crippen LogP contribution in [0.15, 0.2) is 52.5 Å². The topological polar surface area (TPSA) is 61.8 Å². The van der Waals surface area contributed by atoms with Crippen LogP contribution in [-0.4, -0.2) is 20.1 Å². The number of aliphatic hydroxyl groups excluding tert-OH is 1. The van der Waals surface area contributed by atoms with E-state index in [1.54, 1.807) is 18.0 Å². The fourth-order valence-electron chi connectivity index (χ4n) is 1.71. The van der Waals surface area contributed by atoms with Gasteiger partial charge in [0.1, 0.15) is 17.5 Å². The van der Waals surface area contributed by atoms with Crippen molar-refractivity contribution in [2.45, 2.75) is 16.5 Å². The molecule has 2 N–H and O–H groups in total. The first-order chi connectivity index (χ1) is 8.85. The summed E-state index contributed by atoms with van der Waals surface area (Å²) in [6.45, 7) is -0.0720. The molecule has 0 spiro atoms. The zero-order valence-corrected chi connectivity index (χ0v) is 12.8. The largest absolute Gasteiger partial charge is 0.388 e. The highest BCUT2D eigenvalue weighted by atomic mass is 35.5. The average Bonchev–Trinajstić information content (AvgIpc) is 2.82. The van der Waals surface area contributed by atoms with Crippen LogP contribution in [0.1, 0.15) is 5.82 Å². The number of pyridine rings is 1. The van der Waals surface area contributed by atoms with Gasteiger partial charge in [-0.05, 0) is 30.3 Å². The molecule has 4 nitrogen and oxygen atoms in total. The number of hydrogen-bond acceptors (Lipinski definition) is 4. The van der Waals surface area contributed by atoms with Crippen molar-refractivity contribution >= 4 is 47.6 Å². The number of aromatic nitrogens is 3. The van der Waals surface area contributed by atoms with Crippen molar-refractivity contribution in [3.63, 3.8) is 0 Å². The van der Waals surface area contributed by atoms with Crippen LogP contribution in [-0.2, 0) is 6.61 Å². The Kier molecular flexibility index (Phi) is 6.29. The number of hydrogen-bond donors (Lipinski definition) is 2. The summed E-state index contributed by atoms with van der Waals surface area (Å²) in [5.41, 5.74) is 1.80. The summed E-state index contributed by atoms with van der Waals surface area (Å²) in [7, 11) is 0. The second-order valence-corrected chi connectivity index (χ2v) is 4.88. The summed E-state index contributed by atoms with van der Waals surface area (Å²) < 4.78 is 0. The zero-order chi connectivity index (χ0) is 12.4. The maximum atomic E-state index is 9.03. The lowest BCUT2D eigenvalue weighted by atomic mass is 10.3. The maximum Gasteiger partial charge on any atom is 0.133 e. The van der Waals surface area contributed by atoms with Crippen LogP contribution in [0.4, 0.5) is 0 Å². The summed E-state index contributed by atoms with van der Waals surface area (Å²) in [5, 5.41) is 9.99. The Morgan fingerprint density at radius 1 is 1.15 bits per heavy atom. The van der Waals surface area contributed by atoms with Gasteiger partial charge in [-0.3, -0.25) is 0 Å². The molecule has 1 aromatic carbocycles. The molecule has 106 valence electrons. The monoisotopic (exact) mass is 329 g/mol. The van der Waals surface area contributed by atoms with Gasteiger partial charge in [0.05, 0.1) is 11.0 Å². The predicted octanol–water partition coefficient (Wildman–Crippen LogP) is 3.45. The Balaban J connectivity index is 0.000001000. The standard InChI is InChI=1S/C13H11N3OS.2ClH/c17-8-12-15-10-5-4-9(7-11(10)16-12)18-13-3-1-2-6-14-13;;/h1-7,17H,8H2,(H,15,16);2*1H. The van der Waals surface area contributed by atoms with Crippen LogP contribution in [0.3, 0.4) is 0 Å². The summed E-state index contributed by atoms with van der Waals surface area (Å²) in [6.07, 6.45) is 1.78. The SMILES string of the molecule is Cl.Cl.OCc1nc2ccc(Sc3ccccn3)cc2[nH]1. The van der Waals surface area contributed by atoms with E-state index in [-0.39, 0.29) is 31.4 Å². The van der Waals surface area contributed by atoms with E-state index in [0.717, 1.165) is 21.0 Å². The number of H-pyrrole nitrogens is 1. The number of imidazole rings is 1. The highest BCUT2D eigenvalue weighted by Crippen LogP contribution is 2.27. The van der Waals surface area contributed by atoms with E-state index in [1.807, 2.05) is 36.4 Å². The molecule has 0 aliphatic heterocycles. The minimum Gasteiger partial charge on any atom is -0.388 e. The molecule has 0 radical (unpaired) electrons. The van der Waals surface area contributed by atoms with Gasteiger partial charge in [-0.25, -0.2) is 9.97 Å². The van der Waals surface area contributed by atoms with Crippen LogP contribution in [0, 0.1) is 0 Å². The highest BCUT2D eigenvalue weighted by Gasteiger charge is 2.04. The summed E-state index contributed by atoms with van der Waals surface area (Å²) in [6, 6.07) is 11.8. The van der Waals surface area contributed by atoms with Gasteiger partial charge in [0.25, 0.3) is 0 Å². The van der Waals surface area contributed by atoms with Crippen molar-refractivity contribution in [1.29, 1.82) is 0 Å². The van der Waals surface area contributed by atoms with E-state index in [0.29, 0.717) is 5.82 Å². The Morgan fingerprint density at radius 3 is 2.70 bits per heavy atom. The summed E-state index contributed by atoms with van der Waals surface area (Å²) in [5.74, 6) is 0.588. The molecule has 0 fully saturated rings. The number of fused-ring (bicyclic) bond motifs is 1. The van der Waals surface area contributed by atoms with Crippen LogP contribution >= 0.6 is 36.6 Å². The molecule has 2 heterocycles. The first-order valence-electron chi connectivity index (χ1n) is 5.53. The van der Waals surface area contributed by atoms with Crippen molar-refractivity contribution in [3.8, 4) is 0 Å². The number of benzene rings is 1. The summed E-state index contributed by atoms with van der Waals surface area (Å²) in [4.78, 5) is 12.7. The lowest BCUT2D eigenvalue weighted by Crippen LogP contribution is -1.83. The molecule has 0 saturated carbocycles. The molecular formula is C13H13Cl2N3OS. The van der Waals surface area contributed by atoms with Gasteiger partial charge in [-0.1, -0.05) is 17.8 Å². The smallest absolute Gasteiger partial charge is 0.133 e. The zero-order valence-electron chi connectivity index (χ0n) is 10.3. The molecule has 7 heteroatoms. The highest BCUT2D eigenvalue weighted by molar-refractivity contribution is 7.99. The van der Waals surface area contributed by atoms with E-state index in [1.165, 1.54) is 0 Å². The number of halogens is 2. The maximum absolute atomic E-state index is 9.03. The normalized spacial score (nSPS) is 9.85. The lowest BCUT2D eigenvalue weighted by molar-refractivity contribution is 0.273. The molecule has 0 unspecified atom stereocenters. The fraction of sp³-hybridized carbons (Fsp3) is 0.0769. The number of aromatic amines is 1. The number of nitrogens with zero attached hydrogens (tertiary/aromatic N) is 2. The average molecular weight is 330 g/mol. The molecule has 2 aromatic heterocycles. The molecule has 0 aliphatic rings. The second-order valence-electron chi connectivity index (χ2n) is 3.79. The van der Waals surface area contributed by atoms with Crippen molar-refractivity contribution < 1.29 is 5.11 Å². The van der Waals surface area contributed by atoms with Gasteiger partial charge in [0.2, 0.25) is 0 Å². The van der Waals surface area contributed by atoms with E-state index in [4.69, 9.17) is 5.11 Å². The van der Waals surface area contributed by atoms with E-state index >= 15 is 0 Å². The number of nitrogens with one attached hydrogen (secondary N) is 1. The van der Waals surface area contributed by atoms with Crippen molar-refractivity contribution in [1.82, 2.24) is 15.0 Å². The first kappa shape index (κ1) is 16.8. The quantitative estimate of drug-likeness (QED) is 0.772. The van der Waals surface area contributed by atoms with E-state index in [2.05, 4.69) is 15.0 Å². The molecule has 0 saturated heterocycles. The number of aliphatic hydroxyl groups is 1. The van der Waals surface area contributed by atoms with E-state index in [9.17, 15) is 0 Å². The van der Waals surface area contributed by atoms with Crippen LogP contribution in [0.25, 0.3) is 11.0 Å². The Morgan fingerprint density at radius 2 is 2.00 bits per heavy atom. The minimum atomic E-state index is -0.0720. The second kappa shape index (κ2) is 7.50. The third kappa shape index (κ3) is 3.64. The number of rotatable bonds is 3. The van der Waals surface area contributed by atoms with Gasteiger partial charge in [-0.15, -0.1) is 24.8 Å². The molecule has 20 heavy (non-hydrogen) atoms. The van der Waals surface area contributed by atoms with Gasteiger partial charge in [-0.2, -0.15) is 0 Å². The Hall–Kier alpha value is -1.27. The van der Waals surface area contributed by atoms with Crippen LogP contribution in [0.2, 0.25) is 0 Å². The lowest BCUT2D eigenvalue weighted by Gasteiger charge is -1.99. The molecule has 0 atom stereocenters. The van der Waals surface area contributed by atoms with E-state index < -0.39 is 0 Å².